The van der Waals surface area contributed by atoms with Crippen LogP contribution in [0.1, 0.15) is 32.6 Å². The van der Waals surface area contributed by atoms with Crippen LogP contribution >= 0.6 is 0 Å². The lowest BCUT2D eigenvalue weighted by Crippen LogP contribution is -2.30. The molecule has 0 saturated carbocycles. The summed E-state index contributed by atoms with van der Waals surface area (Å²) in [7, 11) is 2.89. The summed E-state index contributed by atoms with van der Waals surface area (Å²) < 4.78 is 24.5. The Labute approximate surface area is 132 Å². The molecule has 23 heavy (non-hydrogen) atoms. The lowest BCUT2D eigenvalue weighted by molar-refractivity contribution is -0.106. The standard InChI is InChI=1S/C17H14FNO4/c1-22-17(23-2)10-7-8-13(18)14(9-10)19-15(20)11-5-3-4-6-12(11)16(19)21/h3-9,17H,1-2H3. The van der Waals surface area contributed by atoms with Gasteiger partial charge in [0.15, 0.2) is 6.29 Å². The van der Waals surface area contributed by atoms with Gasteiger partial charge in [0.1, 0.15) is 5.82 Å². The van der Waals surface area contributed by atoms with Gasteiger partial charge >= 0.3 is 0 Å². The Morgan fingerprint density at radius 2 is 1.52 bits per heavy atom. The second-order valence-electron chi connectivity index (χ2n) is 5.01. The van der Waals surface area contributed by atoms with Crippen molar-refractivity contribution >= 4 is 17.5 Å². The van der Waals surface area contributed by atoms with Crippen LogP contribution in [0.4, 0.5) is 10.1 Å². The van der Waals surface area contributed by atoms with Crippen LogP contribution in [0.5, 0.6) is 0 Å². The highest BCUT2D eigenvalue weighted by molar-refractivity contribution is 6.34. The van der Waals surface area contributed by atoms with E-state index in [-0.39, 0.29) is 16.8 Å². The molecule has 0 aromatic heterocycles. The normalized spacial score (nSPS) is 13.8. The van der Waals surface area contributed by atoms with Crippen LogP contribution in [0.25, 0.3) is 0 Å². The zero-order valence-corrected chi connectivity index (χ0v) is 12.6. The van der Waals surface area contributed by atoms with E-state index >= 15 is 0 Å². The second-order valence-corrected chi connectivity index (χ2v) is 5.01. The van der Waals surface area contributed by atoms with Gasteiger partial charge in [-0.25, -0.2) is 9.29 Å². The van der Waals surface area contributed by atoms with Crippen LogP contribution in [0.3, 0.4) is 0 Å². The molecule has 0 saturated heterocycles. The van der Waals surface area contributed by atoms with Gasteiger partial charge in [-0.3, -0.25) is 9.59 Å². The molecule has 3 rings (SSSR count). The van der Waals surface area contributed by atoms with Crippen molar-refractivity contribution in [2.75, 3.05) is 19.1 Å². The van der Waals surface area contributed by atoms with Crippen LogP contribution in [0.15, 0.2) is 42.5 Å². The van der Waals surface area contributed by atoms with E-state index in [9.17, 15) is 14.0 Å². The number of fused-ring (bicyclic) bond motifs is 1. The molecule has 0 aliphatic carbocycles. The van der Waals surface area contributed by atoms with E-state index in [2.05, 4.69) is 0 Å². The molecule has 0 radical (unpaired) electrons. The predicted molar refractivity (Wildman–Crippen MR) is 80.7 cm³/mol. The third-order valence-electron chi connectivity index (χ3n) is 3.71. The van der Waals surface area contributed by atoms with Crippen molar-refractivity contribution in [1.29, 1.82) is 0 Å². The molecule has 2 amide bonds. The highest BCUT2D eigenvalue weighted by atomic mass is 19.1. The van der Waals surface area contributed by atoms with Gasteiger partial charge in [0.2, 0.25) is 0 Å². The highest BCUT2D eigenvalue weighted by Gasteiger charge is 2.37. The summed E-state index contributed by atoms with van der Waals surface area (Å²) in [6.07, 6.45) is -0.718. The van der Waals surface area contributed by atoms with Crippen molar-refractivity contribution in [3.8, 4) is 0 Å². The Morgan fingerprint density at radius 3 is 2.04 bits per heavy atom. The minimum atomic E-state index is -0.718. The predicted octanol–water partition coefficient (Wildman–Crippen LogP) is 2.92. The number of amides is 2. The number of hydrogen-bond donors (Lipinski definition) is 0. The first-order valence-electron chi connectivity index (χ1n) is 6.91. The second kappa shape index (κ2) is 5.91. The number of ether oxygens (including phenoxy) is 2. The summed E-state index contributed by atoms with van der Waals surface area (Å²) in [4.78, 5) is 25.8. The minimum absolute atomic E-state index is 0.118. The van der Waals surface area contributed by atoms with Crippen LogP contribution in [0, 0.1) is 5.82 Å². The van der Waals surface area contributed by atoms with E-state index in [1.165, 1.54) is 32.4 Å². The Bertz CT molecular complexity index is 751. The van der Waals surface area contributed by atoms with E-state index < -0.39 is 23.9 Å². The van der Waals surface area contributed by atoms with Gasteiger partial charge < -0.3 is 9.47 Å². The summed E-state index contributed by atoms with van der Waals surface area (Å²) in [5, 5.41) is 0. The zero-order chi connectivity index (χ0) is 16.6. The summed E-state index contributed by atoms with van der Waals surface area (Å²) >= 11 is 0. The first kappa shape index (κ1) is 15.3. The summed E-state index contributed by atoms with van der Waals surface area (Å²) in [5.41, 5.74) is 0.908. The maximum absolute atomic E-state index is 14.2. The van der Waals surface area contributed by atoms with Gasteiger partial charge in [0.05, 0.1) is 16.8 Å². The molecule has 0 atom stereocenters. The van der Waals surface area contributed by atoms with Gasteiger partial charge in [-0.15, -0.1) is 0 Å². The van der Waals surface area contributed by atoms with Crippen LogP contribution < -0.4 is 4.90 Å². The van der Waals surface area contributed by atoms with E-state index in [1.54, 1.807) is 24.3 Å². The van der Waals surface area contributed by atoms with E-state index in [0.717, 1.165) is 4.90 Å². The number of hydrogen-bond acceptors (Lipinski definition) is 4. The maximum atomic E-state index is 14.2. The molecule has 0 unspecified atom stereocenters. The number of imide groups is 1. The van der Waals surface area contributed by atoms with Gasteiger partial charge in [-0.1, -0.05) is 18.2 Å². The van der Waals surface area contributed by atoms with Gasteiger partial charge in [-0.05, 0) is 24.3 Å². The van der Waals surface area contributed by atoms with Crippen molar-refractivity contribution in [3.05, 3.63) is 65.0 Å². The van der Waals surface area contributed by atoms with Crippen molar-refractivity contribution < 1.29 is 23.5 Å². The van der Waals surface area contributed by atoms with Crippen LogP contribution in [0.2, 0.25) is 0 Å². The van der Waals surface area contributed by atoms with E-state index in [0.29, 0.717) is 5.56 Å². The third kappa shape index (κ3) is 2.42. The van der Waals surface area contributed by atoms with Crippen molar-refractivity contribution in [2.45, 2.75) is 6.29 Å². The fraction of sp³-hybridized carbons (Fsp3) is 0.176. The Morgan fingerprint density at radius 1 is 0.957 bits per heavy atom. The molecule has 0 fully saturated rings. The van der Waals surface area contributed by atoms with Crippen LogP contribution in [-0.2, 0) is 9.47 Å². The van der Waals surface area contributed by atoms with Gasteiger partial charge in [-0.2, -0.15) is 0 Å². The van der Waals surface area contributed by atoms with E-state index in [4.69, 9.17) is 9.47 Å². The molecule has 2 aromatic carbocycles. The number of carbonyl (C=O) groups is 2. The fourth-order valence-corrected chi connectivity index (χ4v) is 2.62. The molecule has 6 heteroatoms. The molecule has 2 aromatic rings. The largest absolute Gasteiger partial charge is 0.352 e. The molecular formula is C17H14FNO4. The molecule has 1 heterocycles. The van der Waals surface area contributed by atoms with Gasteiger partial charge in [0, 0.05) is 19.8 Å². The zero-order valence-electron chi connectivity index (χ0n) is 12.6. The van der Waals surface area contributed by atoms with Gasteiger partial charge in [0.25, 0.3) is 11.8 Å². The molecule has 1 aliphatic rings. The minimum Gasteiger partial charge on any atom is -0.352 e. The topological polar surface area (TPSA) is 55.8 Å². The SMILES string of the molecule is COC(OC)c1ccc(F)c(N2C(=O)c3ccccc3C2=O)c1. The number of rotatable bonds is 4. The molecule has 0 bridgehead atoms. The number of carbonyl (C=O) groups excluding carboxylic acids is 2. The lowest BCUT2D eigenvalue weighted by atomic mass is 10.1. The molecule has 0 N–H and O–H groups in total. The van der Waals surface area contributed by atoms with Crippen molar-refractivity contribution in [1.82, 2.24) is 0 Å². The molecule has 0 spiro atoms. The Hall–Kier alpha value is -2.57. The fourth-order valence-electron chi connectivity index (χ4n) is 2.62. The number of anilines is 1. The summed E-state index contributed by atoms with van der Waals surface area (Å²) in [6, 6.07) is 10.5. The van der Waals surface area contributed by atoms with E-state index in [1.807, 2.05) is 0 Å². The average molecular weight is 315 g/mol. The quantitative estimate of drug-likeness (QED) is 0.643. The number of benzene rings is 2. The summed E-state index contributed by atoms with van der Waals surface area (Å²) in [5.74, 6) is -1.77. The maximum Gasteiger partial charge on any atom is 0.266 e. The Balaban J connectivity index is 2.08. The number of nitrogens with zero attached hydrogens (tertiary/aromatic N) is 1. The van der Waals surface area contributed by atoms with Crippen LogP contribution in [-0.4, -0.2) is 26.0 Å². The number of methoxy groups -OCH3 is 2. The molecule has 118 valence electrons. The first-order chi connectivity index (χ1) is 11.1. The Kier molecular flexibility index (Phi) is 3.94. The molecule has 5 nitrogen and oxygen atoms in total. The smallest absolute Gasteiger partial charge is 0.266 e. The van der Waals surface area contributed by atoms with Crippen molar-refractivity contribution in [3.63, 3.8) is 0 Å². The monoisotopic (exact) mass is 315 g/mol. The molecule has 1 aliphatic heterocycles. The average Bonchev–Trinajstić information content (AvgIpc) is 2.82. The number of halogens is 1. The summed E-state index contributed by atoms with van der Waals surface area (Å²) in [6.45, 7) is 0. The first-order valence-corrected chi connectivity index (χ1v) is 6.91. The van der Waals surface area contributed by atoms with Crippen molar-refractivity contribution in [2.24, 2.45) is 0 Å². The third-order valence-corrected chi connectivity index (χ3v) is 3.71. The lowest BCUT2D eigenvalue weighted by Gasteiger charge is -2.19. The molecular weight excluding hydrogens is 301 g/mol. The highest BCUT2D eigenvalue weighted by Crippen LogP contribution is 2.32.